The Kier molecular flexibility index (Phi) is 2.29. The van der Waals surface area contributed by atoms with Crippen LogP contribution in [0.4, 0.5) is 0 Å². The number of hydrogen-bond acceptors (Lipinski definition) is 3. The molecule has 0 radical (unpaired) electrons. The molecule has 2 aromatic carbocycles. The second kappa shape index (κ2) is 4.13. The monoisotopic (exact) mass is 260 g/mol. The first-order chi connectivity index (χ1) is 9.84. The zero-order valence-corrected chi connectivity index (χ0v) is 11.0. The van der Waals surface area contributed by atoms with E-state index in [-0.39, 0.29) is 0 Å². The van der Waals surface area contributed by atoms with Gasteiger partial charge in [0.1, 0.15) is 5.52 Å². The fraction of sp³-hybridized carbons (Fsp3) is 0.0625. The maximum absolute atomic E-state index is 4.75. The van der Waals surface area contributed by atoms with E-state index in [1.165, 1.54) is 0 Å². The molecule has 4 rings (SSSR count). The van der Waals surface area contributed by atoms with Gasteiger partial charge in [-0.1, -0.05) is 53.7 Å². The Morgan fingerprint density at radius 2 is 1.65 bits per heavy atom. The van der Waals surface area contributed by atoms with Crippen LogP contribution in [-0.2, 0) is 0 Å². The summed E-state index contributed by atoms with van der Waals surface area (Å²) in [5.74, 6) is 0.819. The lowest BCUT2D eigenvalue weighted by molar-refractivity contribution is 0.843. The van der Waals surface area contributed by atoms with Crippen LogP contribution in [0.15, 0.2) is 54.6 Å². The molecule has 0 amide bonds. The standard InChI is InChI=1S/C16H12N4/c1-11-15-13-9-5-6-10-14(13)17-16(20(15)19-18-11)12-7-3-2-4-8-12/h2-10H,1H3. The summed E-state index contributed by atoms with van der Waals surface area (Å²) >= 11 is 0. The van der Waals surface area contributed by atoms with Crippen molar-refractivity contribution in [3.8, 4) is 11.4 Å². The van der Waals surface area contributed by atoms with Crippen molar-refractivity contribution in [3.63, 3.8) is 0 Å². The van der Waals surface area contributed by atoms with Gasteiger partial charge >= 0.3 is 0 Å². The molecular weight excluding hydrogens is 248 g/mol. The van der Waals surface area contributed by atoms with Gasteiger partial charge in [0, 0.05) is 10.9 Å². The van der Waals surface area contributed by atoms with Crippen LogP contribution in [0.2, 0.25) is 0 Å². The van der Waals surface area contributed by atoms with Gasteiger partial charge in [-0.3, -0.25) is 0 Å². The smallest absolute Gasteiger partial charge is 0.163 e. The number of nitrogens with zero attached hydrogens (tertiary/aromatic N) is 4. The SMILES string of the molecule is Cc1nnn2c(-c3ccccc3)nc3ccccc3c12. The number of fused-ring (bicyclic) bond motifs is 3. The van der Waals surface area contributed by atoms with Gasteiger partial charge in [-0.25, -0.2) is 4.98 Å². The first-order valence-corrected chi connectivity index (χ1v) is 6.51. The van der Waals surface area contributed by atoms with Gasteiger partial charge in [-0.2, -0.15) is 4.52 Å². The first kappa shape index (κ1) is 11.1. The highest BCUT2D eigenvalue weighted by atomic mass is 15.4. The van der Waals surface area contributed by atoms with Crippen molar-refractivity contribution in [1.29, 1.82) is 0 Å². The first-order valence-electron chi connectivity index (χ1n) is 6.51. The van der Waals surface area contributed by atoms with E-state index in [0.717, 1.165) is 33.5 Å². The number of benzene rings is 2. The molecule has 0 aliphatic rings. The fourth-order valence-corrected chi connectivity index (χ4v) is 2.52. The quantitative estimate of drug-likeness (QED) is 0.527. The van der Waals surface area contributed by atoms with Crippen LogP contribution >= 0.6 is 0 Å². The van der Waals surface area contributed by atoms with Gasteiger partial charge in [-0.15, -0.1) is 5.10 Å². The van der Waals surface area contributed by atoms with Crippen molar-refractivity contribution in [1.82, 2.24) is 19.8 Å². The Morgan fingerprint density at radius 1 is 0.900 bits per heavy atom. The molecule has 20 heavy (non-hydrogen) atoms. The zero-order valence-electron chi connectivity index (χ0n) is 11.0. The van der Waals surface area contributed by atoms with Crippen LogP contribution in [0.25, 0.3) is 27.8 Å². The summed E-state index contributed by atoms with van der Waals surface area (Å²) in [6.07, 6.45) is 0. The molecule has 0 fully saturated rings. The molecule has 4 nitrogen and oxygen atoms in total. The fourth-order valence-electron chi connectivity index (χ4n) is 2.52. The van der Waals surface area contributed by atoms with Gasteiger partial charge in [0.05, 0.1) is 11.2 Å². The maximum atomic E-state index is 4.75. The zero-order chi connectivity index (χ0) is 13.5. The van der Waals surface area contributed by atoms with E-state index in [0.29, 0.717) is 0 Å². The summed E-state index contributed by atoms with van der Waals surface area (Å²) in [6.45, 7) is 1.98. The lowest BCUT2D eigenvalue weighted by Crippen LogP contribution is -1.99. The Labute approximate surface area is 115 Å². The van der Waals surface area contributed by atoms with Crippen molar-refractivity contribution < 1.29 is 0 Å². The van der Waals surface area contributed by atoms with Gasteiger partial charge in [0.2, 0.25) is 0 Å². The number of aryl methyl sites for hydroxylation is 1. The van der Waals surface area contributed by atoms with Crippen LogP contribution < -0.4 is 0 Å². The number of para-hydroxylation sites is 1. The van der Waals surface area contributed by atoms with Crippen LogP contribution in [0, 0.1) is 6.92 Å². The summed E-state index contributed by atoms with van der Waals surface area (Å²) in [7, 11) is 0. The molecule has 96 valence electrons. The van der Waals surface area contributed by atoms with Crippen LogP contribution in [0.5, 0.6) is 0 Å². The second-order valence-electron chi connectivity index (χ2n) is 4.75. The molecule has 2 aromatic heterocycles. The third-order valence-electron chi connectivity index (χ3n) is 3.46. The van der Waals surface area contributed by atoms with Crippen LogP contribution in [-0.4, -0.2) is 19.8 Å². The summed E-state index contributed by atoms with van der Waals surface area (Å²) in [6, 6.07) is 18.2. The van der Waals surface area contributed by atoms with E-state index >= 15 is 0 Å². The Hall–Kier alpha value is -2.75. The molecule has 4 heteroatoms. The predicted octanol–water partition coefficient (Wildman–Crippen LogP) is 3.25. The summed E-state index contributed by atoms with van der Waals surface area (Å²) in [5, 5.41) is 9.53. The van der Waals surface area contributed by atoms with E-state index < -0.39 is 0 Å². The highest BCUT2D eigenvalue weighted by Gasteiger charge is 2.13. The number of rotatable bonds is 1. The molecule has 0 saturated carbocycles. The largest absolute Gasteiger partial charge is 0.228 e. The maximum Gasteiger partial charge on any atom is 0.163 e. The number of hydrogen-bond donors (Lipinski definition) is 0. The minimum Gasteiger partial charge on any atom is -0.228 e. The van der Waals surface area contributed by atoms with E-state index in [2.05, 4.69) is 16.4 Å². The molecular formula is C16H12N4. The van der Waals surface area contributed by atoms with Crippen molar-refractivity contribution in [3.05, 3.63) is 60.3 Å². The average molecular weight is 260 g/mol. The molecule has 0 N–H and O–H groups in total. The van der Waals surface area contributed by atoms with Gasteiger partial charge in [0.15, 0.2) is 5.82 Å². The third kappa shape index (κ3) is 1.51. The summed E-state index contributed by atoms with van der Waals surface area (Å²) in [5.41, 5.74) is 3.94. The van der Waals surface area contributed by atoms with Crippen molar-refractivity contribution >= 4 is 16.4 Å². The lowest BCUT2D eigenvalue weighted by atomic mass is 10.1. The minimum atomic E-state index is 0.819. The second-order valence-corrected chi connectivity index (χ2v) is 4.75. The van der Waals surface area contributed by atoms with E-state index in [1.54, 1.807) is 0 Å². The summed E-state index contributed by atoms with van der Waals surface area (Å²) in [4.78, 5) is 4.75. The van der Waals surface area contributed by atoms with Crippen LogP contribution in [0.1, 0.15) is 5.69 Å². The van der Waals surface area contributed by atoms with Crippen molar-refractivity contribution in [2.75, 3.05) is 0 Å². The molecule has 0 atom stereocenters. The lowest BCUT2D eigenvalue weighted by Gasteiger charge is -2.07. The molecule has 0 saturated heterocycles. The Morgan fingerprint density at radius 3 is 2.50 bits per heavy atom. The molecule has 2 heterocycles. The van der Waals surface area contributed by atoms with Crippen LogP contribution in [0.3, 0.4) is 0 Å². The van der Waals surface area contributed by atoms with E-state index in [9.17, 15) is 0 Å². The van der Waals surface area contributed by atoms with Crippen molar-refractivity contribution in [2.45, 2.75) is 6.92 Å². The van der Waals surface area contributed by atoms with E-state index in [1.807, 2.05) is 60.0 Å². The molecule has 0 unspecified atom stereocenters. The predicted molar refractivity (Wildman–Crippen MR) is 78.5 cm³/mol. The summed E-state index contributed by atoms with van der Waals surface area (Å²) < 4.78 is 1.83. The van der Waals surface area contributed by atoms with Gasteiger partial charge < -0.3 is 0 Å². The van der Waals surface area contributed by atoms with Crippen molar-refractivity contribution in [2.24, 2.45) is 0 Å². The van der Waals surface area contributed by atoms with Gasteiger partial charge in [0.25, 0.3) is 0 Å². The average Bonchev–Trinajstić information content (AvgIpc) is 2.90. The normalized spacial score (nSPS) is 11.2. The molecule has 0 spiro atoms. The van der Waals surface area contributed by atoms with E-state index in [4.69, 9.17) is 4.98 Å². The minimum absolute atomic E-state index is 0.819. The molecule has 0 aliphatic heterocycles. The third-order valence-corrected chi connectivity index (χ3v) is 3.46. The topological polar surface area (TPSA) is 43.1 Å². The van der Waals surface area contributed by atoms with Gasteiger partial charge in [-0.05, 0) is 13.0 Å². The molecule has 0 aliphatic carbocycles. The Bertz CT molecular complexity index is 910. The Balaban J connectivity index is 2.20. The molecule has 4 aromatic rings. The highest BCUT2D eigenvalue weighted by molar-refractivity contribution is 5.95. The number of aromatic nitrogens is 4. The molecule has 0 bridgehead atoms. The highest BCUT2D eigenvalue weighted by Crippen LogP contribution is 2.25.